The first-order valence-electron chi connectivity index (χ1n) is 7.37. The molecule has 5 heteroatoms. The maximum absolute atomic E-state index is 11.5. The first kappa shape index (κ1) is 15.3. The molecule has 0 aliphatic heterocycles. The molecule has 1 aromatic rings. The molecule has 1 aromatic carbocycles. The van der Waals surface area contributed by atoms with Gasteiger partial charge in [-0.3, -0.25) is 0 Å². The molecule has 1 fully saturated rings. The molecule has 112 valence electrons. The van der Waals surface area contributed by atoms with Crippen LogP contribution in [-0.2, 0) is 10.0 Å². The van der Waals surface area contributed by atoms with Crippen molar-refractivity contribution in [2.75, 3.05) is 5.32 Å². The van der Waals surface area contributed by atoms with Crippen molar-refractivity contribution in [1.29, 1.82) is 0 Å². The first-order chi connectivity index (χ1) is 9.48. The van der Waals surface area contributed by atoms with E-state index >= 15 is 0 Å². The summed E-state index contributed by atoms with van der Waals surface area (Å²) in [6, 6.07) is 5.68. The van der Waals surface area contributed by atoms with Gasteiger partial charge in [0.2, 0.25) is 10.0 Å². The predicted octanol–water partition coefficient (Wildman–Crippen LogP) is 3.17. The van der Waals surface area contributed by atoms with E-state index in [1.165, 1.54) is 32.1 Å². The van der Waals surface area contributed by atoms with Crippen molar-refractivity contribution in [1.82, 2.24) is 0 Å². The van der Waals surface area contributed by atoms with E-state index in [0.717, 1.165) is 24.1 Å². The quantitative estimate of drug-likeness (QED) is 0.900. The third-order valence-corrected chi connectivity index (χ3v) is 5.11. The van der Waals surface area contributed by atoms with Crippen LogP contribution < -0.4 is 10.5 Å². The highest BCUT2D eigenvalue weighted by atomic mass is 32.2. The fourth-order valence-electron chi connectivity index (χ4n) is 2.90. The van der Waals surface area contributed by atoms with Crippen LogP contribution in [0.3, 0.4) is 0 Å². The second-order valence-electron chi connectivity index (χ2n) is 5.66. The third kappa shape index (κ3) is 3.96. The van der Waals surface area contributed by atoms with Crippen molar-refractivity contribution in [3.63, 3.8) is 0 Å². The summed E-state index contributed by atoms with van der Waals surface area (Å²) in [5, 5.41) is 8.76. The van der Waals surface area contributed by atoms with E-state index in [1.807, 2.05) is 13.0 Å². The Labute approximate surface area is 121 Å². The molecular weight excluding hydrogens is 272 g/mol. The average molecular weight is 296 g/mol. The van der Waals surface area contributed by atoms with Gasteiger partial charge in [-0.15, -0.1) is 0 Å². The Hall–Kier alpha value is -1.07. The zero-order chi connectivity index (χ0) is 14.6. The summed E-state index contributed by atoms with van der Waals surface area (Å²) >= 11 is 0. The number of rotatable bonds is 3. The molecule has 3 N–H and O–H groups in total. The Morgan fingerprint density at radius 1 is 1.10 bits per heavy atom. The number of hydrogen-bond donors (Lipinski definition) is 2. The maximum atomic E-state index is 11.5. The van der Waals surface area contributed by atoms with Gasteiger partial charge in [-0.05, 0) is 37.5 Å². The molecular formula is C15H24N2O2S. The highest BCUT2D eigenvalue weighted by Crippen LogP contribution is 2.26. The normalized spacial score (nSPS) is 18.3. The summed E-state index contributed by atoms with van der Waals surface area (Å²) in [5.74, 6) is 0. The molecule has 1 aliphatic carbocycles. The van der Waals surface area contributed by atoms with E-state index in [9.17, 15) is 8.42 Å². The number of sulfonamides is 1. The summed E-state index contributed by atoms with van der Waals surface area (Å²) in [7, 11) is -3.65. The van der Waals surface area contributed by atoms with E-state index in [1.54, 1.807) is 12.1 Å². The van der Waals surface area contributed by atoms with Gasteiger partial charge < -0.3 is 5.32 Å². The van der Waals surface area contributed by atoms with Crippen molar-refractivity contribution in [3.05, 3.63) is 23.8 Å². The van der Waals surface area contributed by atoms with Crippen molar-refractivity contribution in [2.45, 2.75) is 62.8 Å². The van der Waals surface area contributed by atoms with Crippen LogP contribution in [-0.4, -0.2) is 14.5 Å². The standard InChI is InChI=1S/C15H24N2O2S/c1-12-14(10-7-11-15(12)20(16,18)19)17-13-8-5-3-2-4-6-9-13/h7,10-11,13,17H,2-6,8-9H2,1H3,(H2,16,18,19). The van der Waals surface area contributed by atoms with E-state index in [4.69, 9.17) is 5.14 Å². The zero-order valence-corrected chi connectivity index (χ0v) is 12.9. The van der Waals surface area contributed by atoms with Crippen LogP contribution in [0.1, 0.15) is 50.5 Å². The smallest absolute Gasteiger partial charge is 0.238 e. The zero-order valence-electron chi connectivity index (χ0n) is 12.1. The second kappa shape index (κ2) is 6.59. The molecule has 0 unspecified atom stereocenters. The Morgan fingerprint density at radius 2 is 1.70 bits per heavy atom. The maximum Gasteiger partial charge on any atom is 0.238 e. The van der Waals surface area contributed by atoms with Crippen LogP contribution in [0.5, 0.6) is 0 Å². The second-order valence-corrected chi connectivity index (χ2v) is 7.19. The molecule has 0 radical (unpaired) electrons. The van der Waals surface area contributed by atoms with Gasteiger partial charge in [0, 0.05) is 11.7 Å². The SMILES string of the molecule is Cc1c(NC2CCCCCCC2)cccc1S(N)(=O)=O. The summed E-state index contributed by atoms with van der Waals surface area (Å²) in [5.41, 5.74) is 1.61. The summed E-state index contributed by atoms with van der Waals surface area (Å²) in [6.45, 7) is 1.81. The topological polar surface area (TPSA) is 72.2 Å². The molecule has 2 rings (SSSR count). The lowest BCUT2D eigenvalue weighted by Crippen LogP contribution is -2.22. The van der Waals surface area contributed by atoms with Gasteiger partial charge in [0.15, 0.2) is 0 Å². The number of nitrogens with one attached hydrogen (secondary N) is 1. The van der Waals surface area contributed by atoms with Crippen molar-refractivity contribution >= 4 is 15.7 Å². The molecule has 4 nitrogen and oxygen atoms in total. The van der Waals surface area contributed by atoms with Gasteiger partial charge in [-0.25, -0.2) is 13.6 Å². The monoisotopic (exact) mass is 296 g/mol. The minimum Gasteiger partial charge on any atom is -0.382 e. The average Bonchev–Trinajstić information content (AvgIpc) is 2.33. The van der Waals surface area contributed by atoms with Crippen molar-refractivity contribution in [2.24, 2.45) is 5.14 Å². The van der Waals surface area contributed by atoms with Crippen molar-refractivity contribution in [3.8, 4) is 0 Å². The highest BCUT2D eigenvalue weighted by molar-refractivity contribution is 7.89. The Balaban J connectivity index is 2.16. The van der Waals surface area contributed by atoms with E-state index in [2.05, 4.69) is 5.32 Å². The summed E-state index contributed by atoms with van der Waals surface area (Å²) < 4.78 is 23.1. The molecule has 0 bridgehead atoms. The fourth-order valence-corrected chi connectivity index (χ4v) is 3.70. The number of primary sulfonamides is 1. The minimum atomic E-state index is -3.65. The number of benzene rings is 1. The molecule has 0 spiro atoms. The lowest BCUT2D eigenvalue weighted by Gasteiger charge is -2.23. The van der Waals surface area contributed by atoms with Crippen LogP contribution in [0.15, 0.2) is 23.1 Å². The Kier molecular flexibility index (Phi) is 5.05. The molecule has 1 aliphatic rings. The lowest BCUT2D eigenvalue weighted by molar-refractivity contribution is 0.471. The van der Waals surface area contributed by atoms with Gasteiger partial charge in [-0.1, -0.05) is 38.2 Å². The molecule has 20 heavy (non-hydrogen) atoms. The molecule has 0 saturated heterocycles. The highest BCUT2D eigenvalue weighted by Gasteiger charge is 2.16. The summed E-state index contributed by atoms with van der Waals surface area (Å²) in [6.07, 6.45) is 8.73. The first-order valence-corrected chi connectivity index (χ1v) is 8.92. The largest absolute Gasteiger partial charge is 0.382 e. The molecule has 0 amide bonds. The van der Waals surface area contributed by atoms with Gasteiger partial charge >= 0.3 is 0 Å². The van der Waals surface area contributed by atoms with Crippen LogP contribution in [0.25, 0.3) is 0 Å². The van der Waals surface area contributed by atoms with Crippen LogP contribution in [0.4, 0.5) is 5.69 Å². The van der Waals surface area contributed by atoms with E-state index < -0.39 is 10.0 Å². The van der Waals surface area contributed by atoms with Gasteiger partial charge in [0.1, 0.15) is 0 Å². The molecule has 0 aromatic heterocycles. The van der Waals surface area contributed by atoms with Gasteiger partial charge in [0.05, 0.1) is 4.90 Å². The molecule has 1 saturated carbocycles. The number of nitrogens with two attached hydrogens (primary N) is 1. The number of hydrogen-bond acceptors (Lipinski definition) is 3. The fraction of sp³-hybridized carbons (Fsp3) is 0.600. The third-order valence-electron chi connectivity index (χ3n) is 4.06. The summed E-state index contributed by atoms with van der Waals surface area (Å²) in [4.78, 5) is 0.216. The van der Waals surface area contributed by atoms with Crippen LogP contribution >= 0.6 is 0 Å². The Bertz CT molecular complexity index is 547. The lowest BCUT2D eigenvalue weighted by atomic mass is 9.96. The molecule has 0 heterocycles. The van der Waals surface area contributed by atoms with Crippen LogP contribution in [0.2, 0.25) is 0 Å². The van der Waals surface area contributed by atoms with Crippen LogP contribution in [0, 0.1) is 6.92 Å². The van der Waals surface area contributed by atoms with E-state index in [-0.39, 0.29) is 4.90 Å². The Morgan fingerprint density at radius 3 is 2.30 bits per heavy atom. The van der Waals surface area contributed by atoms with Gasteiger partial charge in [0.25, 0.3) is 0 Å². The molecule has 0 atom stereocenters. The van der Waals surface area contributed by atoms with Gasteiger partial charge in [-0.2, -0.15) is 0 Å². The number of anilines is 1. The predicted molar refractivity (Wildman–Crippen MR) is 82.3 cm³/mol. The van der Waals surface area contributed by atoms with Crippen molar-refractivity contribution < 1.29 is 8.42 Å². The minimum absolute atomic E-state index is 0.216. The van der Waals surface area contributed by atoms with E-state index in [0.29, 0.717) is 6.04 Å².